The molecule has 0 atom stereocenters. The second-order valence-corrected chi connectivity index (χ2v) is 4.88. The lowest BCUT2D eigenvalue weighted by Crippen LogP contribution is -2.24. The Kier molecular flexibility index (Phi) is 4.72. The molecule has 0 aromatic heterocycles. The average Bonchev–Trinajstić information content (AvgIpc) is 2.49. The smallest absolute Gasteiger partial charge is 0.251 e. The maximum absolute atomic E-state index is 13.3. The number of nitrogens with two attached hydrogens (primary N) is 1. The second kappa shape index (κ2) is 6.53. The number of benzene rings is 2. The van der Waals surface area contributed by atoms with Crippen LogP contribution < -0.4 is 11.1 Å². The maximum Gasteiger partial charge on any atom is 0.251 e. The molecule has 0 aliphatic heterocycles. The van der Waals surface area contributed by atoms with Gasteiger partial charge in [-0.15, -0.1) is 0 Å². The van der Waals surface area contributed by atoms with Crippen molar-refractivity contribution in [1.82, 2.24) is 5.32 Å². The highest BCUT2D eigenvalue weighted by Gasteiger charge is 2.14. The molecular formula is C15H12ClF2N3O. The van der Waals surface area contributed by atoms with Crippen molar-refractivity contribution in [3.8, 4) is 0 Å². The van der Waals surface area contributed by atoms with Gasteiger partial charge in [0.2, 0.25) is 0 Å². The van der Waals surface area contributed by atoms with Crippen LogP contribution in [-0.4, -0.2) is 12.1 Å². The molecule has 0 unspecified atom stereocenters. The largest absolute Gasteiger partial charge is 0.398 e. The zero-order valence-corrected chi connectivity index (χ0v) is 12.0. The van der Waals surface area contributed by atoms with Crippen LogP contribution >= 0.6 is 11.6 Å². The molecule has 114 valence electrons. The second-order valence-electron chi connectivity index (χ2n) is 4.50. The van der Waals surface area contributed by atoms with E-state index in [9.17, 15) is 13.6 Å². The van der Waals surface area contributed by atoms with Crippen molar-refractivity contribution in [2.75, 3.05) is 5.73 Å². The Balaban J connectivity index is 2.17. The molecule has 0 saturated heterocycles. The number of anilines is 1. The van der Waals surface area contributed by atoms with Crippen molar-refractivity contribution in [2.24, 2.45) is 0 Å². The minimum atomic E-state index is -1.00. The van der Waals surface area contributed by atoms with Crippen molar-refractivity contribution in [1.29, 1.82) is 5.41 Å². The summed E-state index contributed by atoms with van der Waals surface area (Å²) in [4.78, 5) is 11.9. The number of rotatable bonds is 4. The molecule has 1 amide bonds. The molecule has 2 rings (SSSR count). The SMILES string of the molecule is N=Cc1c(N)cccc1CNC(=O)c1cc(F)c(Cl)c(F)c1. The summed E-state index contributed by atoms with van der Waals surface area (Å²) >= 11 is 5.36. The zero-order valence-electron chi connectivity index (χ0n) is 11.3. The van der Waals surface area contributed by atoms with Gasteiger partial charge in [-0.2, -0.15) is 0 Å². The first kappa shape index (κ1) is 15.9. The predicted molar refractivity (Wildman–Crippen MR) is 81.3 cm³/mol. The number of nitrogen functional groups attached to an aromatic ring is 1. The summed E-state index contributed by atoms with van der Waals surface area (Å²) in [6, 6.07) is 6.73. The molecule has 2 aromatic carbocycles. The fourth-order valence-electron chi connectivity index (χ4n) is 1.93. The fourth-order valence-corrected chi connectivity index (χ4v) is 2.04. The van der Waals surface area contributed by atoms with E-state index in [4.69, 9.17) is 22.7 Å². The average molecular weight is 324 g/mol. The Bertz CT molecular complexity index is 727. The van der Waals surface area contributed by atoms with Gasteiger partial charge in [0.1, 0.15) is 16.7 Å². The van der Waals surface area contributed by atoms with Crippen molar-refractivity contribution >= 4 is 29.4 Å². The van der Waals surface area contributed by atoms with E-state index >= 15 is 0 Å². The van der Waals surface area contributed by atoms with Crippen LogP contribution in [0.2, 0.25) is 5.02 Å². The van der Waals surface area contributed by atoms with E-state index in [1.165, 1.54) is 0 Å². The van der Waals surface area contributed by atoms with E-state index in [1.807, 2.05) is 0 Å². The fraction of sp³-hybridized carbons (Fsp3) is 0.0667. The van der Waals surface area contributed by atoms with Gasteiger partial charge in [-0.05, 0) is 23.8 Å². The first-order valence-corrected chi connectivity index (χ1v) is 6.62. The number of amides is 1. The Morgan fingerprint density at radius 1 is 1.32 bits per heavy atom. The molecule has 0 bridgehead atoms. The molecular weight excluding hydrogens is 312 g/mol. The molecule has 2 aromatic rings. The molecule has 4 N–H and O–H groups in total. The van der Waals surface area contributed by atoms with E-state index in [0.29, 0.717) is 16.8 Å². The van der Waals surface area contributed by atoms with Crippen LogP contribution in [0.1, 0.15) is 21.5 Å². The third-order valence-electron chi connectivity index (χ3n) is 3.06. The van der Waals surface area contributed by atoms with Gasteiger partial charge in [-0.25, -0.2) is 8.78 Å². The lowest BCUT2D eigenvalue weighted by molar-refractivity contribution is 0.0950. The van der Waals surface area contributed by atoms with Gasteiger partial charge in [-0.3, -0.25) is 4.79 Å². The van der Waals surface area contributed by atoms with Gasteiger partial charge >= 0.3 is 0 Å². The Morgan fingerprint density at radius 3 is 2.55 bits per heavy atom. The first-order chi connectivity index (χ1) is 10.4. The summed E-state index contributed by atoms with van der Waals surface area (Å²) in [5.41, 5.74) is 7.06. The van der Waals surface area contributed by atoms with Crippen molar-refractivity contribution in [2.45, 2.75) is 6.54 Å². The van der Waals surface area contributed by atoms with Crippen LogP contribution in [0.5, 0.6) is 0 Å². The van der Waals surface area contributed by atoms with Crippen molar-refractivity contribution in [3.63, 3.8) is 0 Å². The molecule has 22 heavy (non-hydrogen) atoms. The summed E-state index contributed by atoms with van der Waals surface area (Å²) in [5.74, 6) is -2.67. The van der Waals surface area contributed by atoms with Gasteiger partial charge in [0.15, 0.2) is 0 Å². The van der Waals surface area contributed by atoms with Crippen LogP contribution in [0.15, 0.2) is 30.3 Å². The van der Waals surface area contributed by atoms with Crippen molar-refractivity contribution in [3.05, 3.63) is 63.7 Å². The quantitative estimate of drug-likeness (QED) is 0.459. The zero-order chi connectivity index (χ0) is 16.3. The number of hydrogen-bond donors (Lipinski definition) is 3. The normalized spacial score (nSPS) is 10.3. The minimum Gasteiger partial charge on any atom is -0.398 e. The molecule has 7 heteroatoms. The van der Waals surface area contributed by atoms with Crippen LogP contribution in [0.4, 0.5) is 14.5 Å². The van der Waals surface area contributed by atoms with E-state index < -0.39 is 22.6 Å². The Labute approximate surface area is 130 Å². The topological polar surface area (TPSA) is 79.0 Å². The summed E-state index contributed by atoms with van der Waals surface area (Å²) in [5, 5.41) is 9.19. The maximum atomic E-state index is 13.3. The monoisotopic (exact) mass is 323 g/mol. The summed E-state index contributed by atoms with van der Waals surface area (Å²) in [6.07, 6.45) is 1.08. The number of carbonyl (C=O) groups is 1. The number of halogens is 3. The van der Waals surface area contributed by atoms with E-state index in [2.05, 4.69) is 5.32 Å². The third kappa shape index (κ3) is 3.23. The summed E-state index contributed by atoms with van der Waals surface area (Å²) in [7, 11) is 0. The first-order valence-electron chi connectivity index (χ1n) is 6.24. The minimum absolute atomic E-state index is 0.0699. The highest BCUT2D eigenvalue weighted by molar-refractivity contribution is 6.31. The van der Waals surface area contributed by atoms with E-state index in [-0.39, 0.29) is 12.1 Å². The highest BCUT2D eigenvalue weighted by Crippen LogP contribution is 2.20. The molecule has 0 heterocycles. The highest BCUT2D eigenvalue weighted by atomic mass is 35.5. The molecule has 4 nitrogen and oxygen atoms in total. The van der Waals surface area contributed by atoms with Gasteiger partial charge < -0.3 is 16.5 Å². The number of hydrogen-bond acceptors (Lipinski definition) is 3. The Morgan fingerprint density at radius 2 is 1.95 bits per heavy atom. The van der Waals surface area contributed by atoms with Crippen LogP contribution in [0.3, 0.4) is 0 Å². The molecule has 0 fully saturated rings. The summed E-state index contributed by atoms with van der Waals surface area (Å²) in [6.45, 7) is 0.0699. The van der Waals surface area contributed by atoms with E-state index in [1.54, 1.807) is 18.2 Å². The van der Waals surface area contributed by atoms with Crippen LogP contribution in [0.25, 0.3) is 0 Å². The van der Waals surface area contributed by atoms with Crippen LogP contribution in [0, 0.1) is 17.0 Å². The lowest BCUT2D eigenvalue weighted by Gasteiger charge is -2.10. The van der Waals surface area contributed by atoms with Gasteiger partial charge in [0, 0.05) is 29.6 Å². The standard InChI is InChI=1S/C15H12ClF2N3O/c16-14-11(17)4-9(5-12(14)18)15(22)21-7-8-2-1-3-13(20)10(8)6-19/h1-6,19H,7,20H2,(H,21,22). The molecule has 0 spiro atoms. The Hall–Kier alpha value is -2.47. The van der Waals surface area contributed by atoms with Gasteiger partial charge in [0.05, 0.1) is 0 Å². The molecule has 0 aliphatic carbocycles. The third-order valence-corrected chi connectivity index (χ3v) is 3.42. The van der Waals surface area contributed by atoms with Crippen molar-refractivity contribution < 1.29 is 13.6 Å². The lowest BCUT2D eigenvalue weighted by atomic mass is 10.1. The summed E-state index contributed by atoms with van der Waals surface area (Å²) < 4.78 is 26.7. The van der Waals surface area contributed by atoms with E-state index in [0.717, 1.165) is 18.3 Å². The molecule has 0 radical (unpaired) electrons. The molecule has 0 saturated carbocycles. The number of nitrogens with one attached hydrogen (secondary N) is 2. The van der Waals surface area contributed by atoms with Gasteiger partial charge in [0.25, 0.3) is 5.91 Å². The molecule has 0 aliphatic rings. The van der Waals surface area contributed by atoms with Gasteiger partial charge in [-0.1, -0.05) is 23.7 Å². The van der Waals surface area contributed by atoms with Crippen LogP contribution in [-0.2, 0) is 6.54 Å². The number of carbonyl (C=O) groups excluding carboxylic acids is 1. The predicted octanol–water partition coefficient (Wildman–Crippen LogP) is 3.13.